The maximum absolute atomic E-state index is 5.47. The first kappa shape index (κ1) is 11.6. The molecular formula is C12H21N3O. The van der Waals surface area contributed by atoms with Gasteiger partial charge in [0.1, 0.15) is 0 Å². The second kappa shape index (κ2) is 4.17. The van der Waals surface area contributed by atoms with Crippen LogP contribution >= 0.6 is 0 Å². The molecule has 1 unspecified atom stereocenters. The average Bonchev–Trinajstić information content (AvgIpc) is 2.87. The predicted molar refractivity (Wildman–Crippen MR) is 62.4 cm³/mol. The lowest BCUT2D eigenvalue weighted by molar-refractivity contribution is 0.234. The Morgan fingerprint density at radius 1 is 1.31 bits per heavy atom. The highest BCUT2D eigenvalue weighted by Crippen LogP contribution is 2.37. The second-order valence-electron chi connectivity index (χ2n) is 5.35. The van der Waals surface area contributed by atoms with Gasteiger partial charge in [-0.1, -0.05) is 32.9 Å². The van der Waals surface area contributed by atoms with Crippen LogP contribution in [0, 0.1) is 5.92 Å². The van der Waals surface area contributed by atoms with Crippen LogP contribution in [0.3, 0.4) is 0 Å². The van der Waals surface area contributed by atoms with E-state index in [2.05, 4.69) is 43.2 Å². The number of hydrogen-bond acceptors (Lipinski definition) is 4. The summed E-state index contributed by atoms with van der Waals surface area (Å²) in [6, 6.07) is 0. The van der Waals surface area contributed by atoms with Crippen LogP contribution in [-0.2, 0) is 5.41 Å². The van der Waals surface area contributed by atoms with Gasteiger partial charge in [0.2, 0.25) is 5.89 Å². The molecule has 16 heavy (non-hydrogen) atoms. The topological polar surface area (TPSA) is 51.0 Å². The quantitative estimate of drug-likeness (QED) is 0.852. The molecule has 2 heterocycles. The van der Waals surface area contributed by atoms with Gasteiger partial charge in [0, 0.05) is 12.5 Å². The number of nitrogens with zero attached hydrogens (tertiary/aromatic N) is 2. The zero-order valence-corrected chi connectivity index (χ0v) is 10.6. The first-order chi connectivity index (χ1) is 7.56. The summed E-state index contributed by atoms with van der Waals surface area (Å²) in [4.78, 5) is 4.57. The largest absolute Gasteiger partial charge is 0.339 e. The molecule has 4 heteroatoms. The van der Waals surface area contributed by atoms with Gasteiger partial charge in [0.05, 0.1) is 5.41 Å². The summed E-state index contributed by atoms with van der Waals surface area (Å²) in [5.41, 5.74) is 0.0418. The normalized spacial score (nSPS) is 25.9. The zero-order chi connectivity index (χ0) is 11.8. The molecule has 1 saturated heterocycles. The van der Waals surface area contributed by atoms with E-state index in [-0.39, 0.29) is 5.41 Å². The molecule has 1 N–H and O–H groups in total. The molecule has 90 valence electrons. The van der Waals surface area contributed by atoms with E-state index in [0.717, 1.165) is 31.2 Å². The first-order valence-corrected chi connectivity index (χ1v) is 6.11. The molecule has 1 aliphatic rings. The van der Waals surface area contributed by atoms with E-state index in [1.54, 1.807) is 0 Å². The molecule has 1 aromatic heterocycles. The first-order valence-electron chi connectivity index (χ1n) is 6.11. The molecule has 0 spiro atoms. The van der Waals surface area contributed by atoms with Crippen molar-refractivity contribution in [3.05, 3.63) is 11.7 Å². The maximum atomic E-state index is 5.47. The Hall–Kier alpha value is -0.900. The fourth-order valence-corrected chi connectivity index (χ4v) is 2.31. The lowest BCUT2D eigenvalue weighted by Gasteiger charge is -2.28. The monoisotopic (exact) mass is 223 g/mol. The summed E-state index contributed by atoms with van der Waals surface area (Å²) >= 11 is 0. The number of aromatic nitrogens is 2. The Bertz CT molecular complexity index is 351. The minimum absolute atomic E-state index is 0.0418. The molecule has 0 saturated carbocycles. The van der Waals surface area contributed by atoms with E-state index < -0.39 is 0 Å². The van der Waals surface area contributed by atoms with Crippen LogP contribution in [0.1, 0.15) is 51.7 Å². The Labute approximate surface area is 96.8 Å². The van der Waals surface area contributed by atoms with Gasteiger partial charge in [-0.2, -0.15) is 4.98 Å². The van der Waals surface area contributed by atoms with Crippen LogP contribution in [0.15, 0.2) is 4.52 Å². The average molecular weight is 223 g/mol. The van der Waals surface area contributed by atoms with Gasteiger partial charge in [0.25, 0.3) is 0 Å². The van der Waals surface area contributed by atoms with Crippen molar-refractivity contribution < 1.29 is 4.52 Å². The smallest absolute Gasteiger partial charge is 0.234 e. The fourth-order valence-electron chi connectivity index (χ4n) is 2.31. The number of rotatable bonds is 3. The third kappa shape index (κ3) is 1.75. The molecule has 0 aromatic carbocycles. The van der Waals surface area contributed by atoms with Crippen molar-refractivity contribution >= 4 is 0 Å². The van der Waals surface area contributed by atoms with E-state index in [4.69, 9.17) is 4.52 Å². The van der Waals surface area contributed by atoms with Crippen molar-refractivity contribution in [1.82, 2.24) is 15.5 Å². The molecule has 0 radical (unpaired) electrons. The summed E-state index contributed by atoms with van der Waals surface area (Å²) in [6.07, 6.45) is 1.09. The van der Waals surface area contributed by atoms with Crippen molar-refractivity contribution in [2.75, 3.05) is 13.1 Å². The van der Waals surface area contributed by atoms with Crippen LogP contribution in [0.2, 0.25) is 0 Å². The third-order valence-electron chi connectivity index (χ3n) is 3.68. The number of nitrogens with one attached hydrogen (secondary N) is 1. The third-order valence-corrected chi connectivity index (χ3v) is 3.68. The summed E-state index contributed by atoms with van der Waals surface area (Å²) in [6.45, 7) is 10.6. The van der Waals surface area contributed by atoms with Gasteiger partial charge in [0.15, 0.2) is 5.82 Å². The van der Waals surface area contributed by atoms with Gasteiger partial charge in [-0.25, -0.2) is 0 Å². The minimum Gasteiger partial charge on any atom is -0.339 e. The van der Waals surface area contributed by atoms with Crippen LogP contribution in [0.25, 0.3) is 0 Å². The SMILES string of the molecule is CC(C)c1noc(C2(C(C)C)CCNC2)n1. The summed E-state index contributed by atoms with van der Waals surface area (Å²) < 4.78 is 5.47. The van der Waals surface area contributed by atoms with E-state index in [1.807, 2.05) is 0 Å². The molecule has 0 amide bonds. The molecule has 0 aliphatic carbocycles. The summed E-state index contributed by atoms with van der Waals surface area (Å²) in [5, 5.41) is 7.48. The van der Waals surface area contributed by atoms with Crippen molar-refractivity contribution in [2.24, 2.45) is 5.92 Å². The van der Waals surface area contributed by atoms with Crippen molar-refractivity contribution in [1.29, 1.82) is 0 Å². The lowest BCUT2D eigenvalue weighted by Crippen LogP contribution is -2.35. The number of hydrogen-bond donors (Lipinski definition) is 1. The lowest BCUT2D eigenvalue weighted by atomic mass is 9.76. The van der Waals surface area contributed by atoms with Crippen LogP contribution < -0.4 is 5.32 Å². The predicted octanol–water partition coefficient (Wildman–Crippen LogP) is 2.08. The highest BCUT2D eigenvalue weighted by molar-refractivity contribution is 5.12. The second-order valence-corrected chi connectivity index (χ2v) is 5.35. The van der Waals surface area contributed by atoms with Crippen molar-refractivity contribution in [3.8, 4) is 0 Å². The Kier molecular flexibility index (Phi) is 3.02. The van der Waals surface area contributed by atoms with Crippen LogP contribution in [0.4, 0.5) is 0 Å². The standard InChI is InChI=1S/C12H21N3O/c1-8(2)10-14-11(16-15-10)12(9(3)4)5-6-13-7-12/h8-9,13H,5-7H2,1-4H3. The minimum atomic E-state index is 0.0418. The Balaban J connectivity index is 2.32. The van der Waals surface area contributed by atoms with Crippen molar-refractivity contribution in [2.45, 2.75) is 45.4 Å². The maximum Gasteiger partial charge on any atom is 0.234 e. The Morgan fingerprint density at radius 3 is 2.50 bits per heavy atom. The highest BCUT2D eigenvalue weighted by atomic mass is 16.5. The molecule has 1 aromatic rings. The van der Waals surface area contributed by atoms with Crippen LogP contribution in [-0.4, -0.2) is 23.2 Å². The zero-order valence-electron chi connectivity index (χ0n) is 10.6. The van der Waals surface area contributed by atoms with Gasteiger partial charge >= 0.3 is 0 Å². The van der Waals surface area contributed by atoms with Gasteiger partial charge in [-0.3, -0.25) is 0 Å². The Morgan fingerprint density at radius 2 is 2.06 bits per heavy atom. The molecule has 1 aliphatic heterocycles. The fraction of sp³-hybridized carbons (Fsp3) is 0.833. The van der Waals surface area contributed by atoms with Gasteiger partial charge < -0.3 is 9.84 Å². The highest BCUT2D eigenvalue weighted by Gasteiger charge is 2.43. The molecule has 4 nitrogen and oxygen atoms in total. The van der Waals surface area contributed by atoms with E-state index in [0.29, 0.717) is 11.8 Å². The van der Waals surface area contributed by atoms with E-state index in [9.17, 15) is 0 Å². The molecule has 1 fully saturated rings. The molecule has 0 bridgehead atoms. The van der Waals surface area contributed by atoms with Gasteiger partial charge in [-0.05, 0) is 18.9 Å². The van der Waals surface area contributed by atoms with Crippen LogP contribution in [0.5, 0.6) is 0 Å². The van der Waals surface area contributed by atoms with E-state index in [1.165, 1.54) is 0 Å². The van der Waals surface area contributed by atoms with E-state index >= 15 is 0 Å². The molecule has 2 rings (SSSR count). The molecule has 1 atom stereocenters. The van der Waals surface area contributed by atoms with Gasteiger partial charge in [-0.15, -0.1) is 0 Å². The summed E-state index contributed by atoms with van der Waals surface area (Å²) in [7, 11) is 0. The van der Waals surface area contributed by atoms with Crippen molar-refractivity contribution in [3.63, 3.8) is 0 Å². The molecular weight excluding hydrogens is 202 g/mol. The summed E-state index contributed by atoms with van der Waals surface area (Å²) in [5.74, 6) is 2.48.